The maximum atomic E-state index is 7.07. The molecule has 14 rings (SSSR count). The summed E-state index contributed by atoms with van der Waals surface area (Å²) in [6, 6.07) is 60.2. The third kappa shape index (κ3) is 4.82. The van der Waals surface area contributed by atoms with Crippen LogP contribution in [0, 0.1) is 0 Å². The van der Waals surface area contributed by atoms with E-state index in [2.05, 4.69) is 190 Å². The van der Waals surface area contributed by atoms with E-state index in [4.69, 9.17) is 8.83 Å². The highest BCUT2D eigenvalue weighted by Gasteiger charge is 2.57. The summed E-state index contributed by atoms with van der Waals surface area (Å²) in [7, 11) is 0. The van der Waals surface area contributed by atoms with Crippen LogP contribution in [0.15, 0.2) is 173 Å². The number of nitrogens with one attached hydrogen (secondary N) is 1. The zero-order valence-electron chi connectivity index (χ0n) is 37.2. The van der Waals surface area contributed by atoms with Crippen LogP contribution in [-0.2, 0) is 10.8 Å². The normalized spacial score (nSPS) is 19.7. The number of anilines is 4. The van der Waals surface area contributed by atoms with Crippen LogP contribution in [0.2, 0.25) is 0 Å². The van der Waals surface area contributed by atoms with Gasteiger partial charge in [0, 0.05) is 55.0 Å². The number of hydrogen-bond acceptors (Lipinski definition) is 4. The monoisotopic (exact) mass is 840 g/mol. The van der Waals surface area contributed by atoms with E-state index in [0.29, 0.717) is 0 Å². The minimum Gasteiger partial charge on any atom is -0.455 e. The summed E-state index contributed by atoms with van der Waals surface area (Å²) < 4.78 is 13.5. The molecule has 11 aromatic rings. The molecule has 0 bridgehead atoms. The predicted octanol–water partition coefficient (Wildman–Crippen LogP) is 17.3. The molecule has 1 fully saturated rings. The van der Waals surface area contributed by atoms with Crippen molar-refractivity contribution < 1.29 is 8.83 Å². The second kappa shape index (κ2) is 12.9. The molecule has 0 spiro atoms. The van der Waals surface area contributed by atoms with E-state index < -0.39 is 0 Å². The lowest BCUT2D eigenvalue weighted by molar-refractivity contribution is 0.195. The standard InChI is InChI=1S/C61H48N2O2/c1-59(2)55-43-30-29-37(62-49-25-16-23-44-40-20-7-11-27-51(40)64-57(44)49)34-45(43)39-19-5-6-22-42(39)54(55)47-35-46-41-21-8-12-28-52(41)65-58(46)53(56(47)59)36-17-15-18-38(33-36)63-50-26-10-9-24-48(50)60(3)31-13-14-32-61(60,63)4/h5-12,15-30,33-35,62H,13-14,31-32H2,1-4H3. The fourth-order valence-electron chi connectivity index (χ4n) is 13.2. The van der Waals surface area contributed by atoms with Crippen LogP contribution in [0.25, 0.3) is 87.7 Å². The highest BCUT2D eigenvalue weighted by molar-refractivity contribution is 6.22. The lowest BCUT2D eigenvalue weighted by atomic mass is 9.61. The lowest BCUT2D eigenvalue weighted by Gasteiger charge is -2.50. The SMILES string of the molecule is CC1(C)c2c(cc3c(oc4ccccc43)c2-c2cccc(N3c4ccccc4C4(C)CCCCC34C)c2)-c2c1c1ccc(Nc3cccc4c3oc3ccccc34)cc1c1ccccc21. The summed E-state index contributed by atoms with van der Waals surface area (Å²) >= 11 is 0. The number of benzene rings is 9. The number of hydrogen-bond donors (Lipinski definition) is 1. The predicted molar refractivity (Wildman–Crippen MR) is 272 cm³/mol. The van der Waals surface area contributed by atoms with Crippen LogP contribution in [0.4, 0.5) is 22.7 Å². The average Bonchev–Trinajstić information content (AvgIpc) is 4.03. The first-order valence-corrected chi connectivity index (χ1v) is 23.4. The van der Waals surface area contributed by atoms with Crippen molar-refractivity contribution in [2.45, 2.75) is 69.7 Å². The summed E-state index contributed by atoms with van der Waals surface area (Å²) in [4.78, 5) is 2.70. The fraction of sp³-hybridized carbons (Fsp3) is 0.180. The van der Waals surface area contributed by atoms with Gasteiger partial charge in [-0.3, -0.25) is 0 Å². The molecule has 1 N–H and O–H groups in total. The van der Waals surface area contributed by atoms with Gasteiger partial charge in [-0.2, -0.15) is 0 Å². The molecule has 4 heteroatoms. The molecule has 9 aromatic carbocycles. The Morgan fingerprint density at radius 3 is 2.00 bits per heavy atom. The van der Waals surface area contributed by atoms with Crippen molar-refractivity contribution in [3.05, 3.63) is 180 Å². The Morgan fingerprint density at radius 2 is 1.17 bits per heavy atom. The molecule has 1 aliphatic heterocycles. The van der Waals surface area contributed by atoms with Crippen LogP contribution in [0.5, 0.6) is 0 Å². The van der Waals surface area contributed by atoms with Crippen molar-refractivity contribution in [3.8, 4) is 22.3 Å². The maximum absolute atomic E-state index is 7.07. The molecule has 3 heterocycles. The van der Waals surface area contributed by atoms with E-state index in [0.717, 1.165) is 61.7 Å². The van der Waals surface area contributed by atoms with E-state index >= 15 is 0 Å². The van der Waals surface area contributed by atoms with E-state index in [1.54, 1.807) is 0 Å². The van der Waals surface area contributed by atoms with Crippen LogP contribution in [0.1, 0.15) is 70.1 Å². The van der Waals surface area contributed by atoms with Gasteiger partial charge in [0.05, 0.1) is 11.2 Å². The molecule has 4 nitrogen and oxygen atoms in total. The third-order valence-electron chi connectivity index (χ3n) is 16.3. The van der Waals surface area contributed by atoms with Crippen molar-refractivity contribution in [2.24, 2.45) is 0 Å². The van der Waals surface area contributed by atoms with Gasteiger partial charge in [-0.15, -0.1) is 0 Å². The molecule has 0 radical (unpaired) electrons. The number of nitrogens with zero attached hydrogens (tertiary/aromatic N) is 1. The number of fused-ring (bicyclic) bond motifs is 17. The molecule has 2 unspecified atom stereocenters. The van der Waals surface area contributed by atoms with Gasteiger partial charge >= 0.3 is 0 Å². The third-order valence-corrected chi connectivity index (χ3v) is 16.3. The summed E-state index contributed by atoms with van der Waals surface area (Å²) in [5.41, 5.74) is 17.0. The highest BCUT2D eigenvalue weighted by Crippen LogP contribution is 2.62. The van der Waals surface area contributed by atoms with E-state index in [-0.39, 0.29) is 16.4 Å². The first-order chi connectivity index (χ1) is 31.7. The Bertz CT molecular complexity index is 3850. The molecule has 65 heavy (non-hydrogen) atoms. The Balaban J connectivity index is 0.996. The average molecular weight is 841 g/mol. The van der Waals surface area contributed by atoms with Gasteiger partial charge in [-0.1, -0.05) is 143 Å². The first-order valence-electron chi connectivity index (χ1n) is 23.4. The second-order valence-corrected chi connectivity index (χ2v) is 20.0. The van der Waals surface area contributed by atoms with Crippen LogP contribution >= 0.6 is 0 Å². The van der Waals surface area contributed by atoms with Crippen LogP contribution < -0.4 is 10.2 Å². The molecule has 0 saturated heterocycles. The lowest BCUT2D eigenvalue weighted by Crippen LogP contribution is -2.54. The Labute approximate surface area is 378 Å². The fourth-order valence-corrected chi connectivity index (χ4v) is 13.2. The molecule has 1 saturated carbocycles. The summed E-state index contributed by atoms with van der Waals surface area (Å²) in [6.07, 6.45) is 4.87. The van der Waals surface area contributed by atoms with Crippen LogP contribution in [-0.4, -0.2) is 5.54 Å². The molecule has 2 atom stereocenters. The smallest absolute Gasteiger partial charge is 0.158 e. The van der Waals surface area contributed by atoms with Gasteiger partial charge in [0.25, 0.3) is 0 Å². The van der Waals surface area contributed by atoms with E-state index in [9.17, 15) is 0 Å². The van der Waals surface area contributed by atoms with Crippen molar-refractivity contribution >= 4 is 88.2 Å². The molecular formula is C61H48N2O2. The minimum atomic E-state index is -0.381. The zero-order valence-corrected chi connectivity index (χ0v) is 37.2. The van der Waals surface area contributed by atoms with E-state index in [1.807, 2.05) is 12.1 Å². The molecule has 2 aliphatic carbocycles. The molecule has 2 aromatic heterocycles. The van der Waals surface area contributed by atoms with Gasteiger partial charge in [-0.05, 0) is 129 Å². The van der Waals surface area contributed by atoms with Crippen molar-refractivity contribution in [2.75, 3.05) is 10.2 Å². The van der Waals surface area contributed by atoms with Gasteiger partial charge in [0.15, 0.2) is 5.58 Å². The van der Waals surface area contributed by atoms with Gasteiger partial charge < -0.3 is 19.1 Å². The van der Waals surface area contributed by atoms with Gasteiger partial charge in [0.2, 0.25) is 0 Å². The van der Waals surface area contributed by atoms with Gasteiger partial charge in [-0.25, -0.2) is 0 Å². The van der Waals surface area contributed by atoms with Crippen LogP contribution in [0.3, 0.4) is 0 Å². The number of para-hydroxylation sites is 4. The quantitative estimate of drug-likeness (QED) is 0.179. The Hall–Kier alpha value is -7.30. The van der Waals surface area contributed by atoms with Crippen molar-refractivity contribution in [3.63, 3.8) is 0 Å². The van der Waals surface area contributed by atoms with Crippen molar-refractivity contribution in [1.82, 2.24) is 0 Å². The molecule has 0 amide bonds. The summed E-state index contributed by atoms with van der Waals surface area (Å²) in [6.45, 7) is 9.92. The van der Waals surface area contributed by atoms with Gasteiger partial charge in [0.1, 0.15) is 16.7 Å². The second-order valence-electron chi connectivity index (χ2n) is 20.0. The molecule has 3 aliphatic rings. The maximum Gasteiger partial charge on any atom is 0.158 e. The largest absolute Gasteiger partial charge is 0.455 e. The summed E-state index contributed by atoms with van der Waals surface area (Å²) in [5.74, 6) is 0. The molecule has 314 valence electrons. The minimum absolute atomic E-state index is 0.0412. The topological polar surface area (TPSA) is 41.6 Å². The molecular weight excluding hydrogens is 793 g/mol. The van der Waals surface area contributed by atoms with Crippen molar-refractivity contribution in [1.29, 1.82) is 0 Å². The highest BCUT2D eigenvalue weighted by atomic mass is 16.3. The Morgan fingerprint density at radius 1 is 0.492 bits per heavy atom. The van der Waals surface area contributed by atoms with E-state index in [1.165, 1.54) is 91.1 Å². The number of rotatable bonds is 4. The first kappa shape index (κ1) is 37.1. The number of furan rings is 2. The Kier molecular flexibility index (Phi) is 7.37. The zero-order chi connectivity index (χ0) is 43.4. The summed E-state index contributed by atoms with van der Waals surface area (Å²) in [5, 5.41) is 13.3.